The summed E-state index contributed by atoms with van der Waals surface area (Å²) in [5.74, 6) is 0.155. The van der Waals surface area contributed by atoms with Crippen LogP contribution in [0.5, 0.6) is 5.75 Å². The zero-order valence-electron chi connectivity index (χ0n) is 17.5. The van der Waals surface area contributed by atoms with Crippen molar-refractivity contribution in [3.05, 3.63) is 59.7 Å². The fourth-order valence-corrected chi connectivity index (χ4v) is 2.59. The summed E-state index contributed by atoms with van der Waals surface area (Å²) in [6, 6.07) is 12.9. The second-order valence-electron chi connectivity index (χ2n) is 6.88. The number of guanidine groups is 1. The number of para-hydroxylation sites is 1. The SMILES string of the molecule is CN=C(NCc1ccc(NC(=O)NC(C)C)cc1)NCc1ccccc1OC(F)(F)F. The van der Waals surface area contributed by atoms with Gasteiger partial charge in [0.1, 0.15) is 5.75 Å². The number of urea groups is 1. The lowest BCUT2D eigenvalue weighted by atomic mass is 10.2. The van der Waals surface area contributed by atoms with Crippen LogP contribution in [0.4, 0.5) is 23.7 Å². The Morgan fingerprint density at radius 1 is 1.03 bits per heavy atom. The van der Waals surface area contributed by atoms with Crippen LogP contribution in [-0.2, 0) is 13.1 Å². The summed E-state index contributed by atoms with van der Waals surface area (Å²) in [4.78, 5) is 15.8. The molecule has 0 bridgehead atoms. The number of ether oxygens (including phenoxy) is 1. The predicted molar refractivity (Wildman–Crippen MR) is 114 cm³/mol. The molecular formula is C21H26F3N5O2. The van der Waals surface area contributed by atoms with Crippen LogP contribution in [0.15, 0.2) is 53.5 Å². The fourth-order valence-electron chi connectivity index (χ4n) is 2.59. The van der Waals surface area contributed by atoms with Gasteiger partial charge in [-0.1, -0.05) is 30.3 Å². The lowest BCUT2D eigenvalue weighted by Crippen LogP contribution is -2.36. The smallest absolute Gasteiger partial charge is 0.405 e. The molecule has 0 aromatic heterocycles. The van der Waals surface area contributed by atoms with Crippen molar-refractivity contribution in [2.45, 2.75) is 39.3 Å². The molecule has 2 rings (SSSR count). The van der Waals surface area contributed by atoms with Crippen molar-refractivity contribution in [1.82, 2.24) is 16.0 Å². The molecule has 0 aliphatic carbocycles. The average Bonchev–Trinajstić information content (AvgIpc) is 2.68. The molecule has 2 amide bonds. The molecule has 7 nitrogen and oxygen atoms in total. The standard InChI is InChI=1S/C21H26F3N5O2/c1-14(2)28-20(30)29-17-10-8-15(9-11-17)12-26-19(25-3)27-13-16-6-4-5-7-18(16)31-21(22,23)24/h4-11,14H,12-13H2,1-3H3,(H2,25,26,27)(H2,28,29,30). The molecule has 0 saturated carbocycles. The van der Waals surface area contributed by atoms with E-state index in [4.69, 9.17) is 0 Å². The number of rotatable bonds is 7. The van der Waals surface area contributed by atoms with E-state index in [2.05, 4.69) is 31.0 Å². The van der Waals surface area contributed by atoms with Gasteiger partial charge in [0.25, 0.3) is 0 Å². The van der Waals surface area contributed by atoms with Crippen LogP contribution >= 0.6 is 0 Å². The first kappa shape index (κ1) is 23.8. The second kappa shape index (κ2) is 11.1. The number of hydrogen-bond donors (Lipinski definition) is 4. The highest BCUT2D eigenvalue weighted by Gasteiger charge is 2.31. The molecule has 0 atom stereocenters. The zero-order valence-corrected chi connectivity index (χ0v) is 17.5. The third kappa shape index (κ3) is 8.85. The summed E-state index contributed by atoms with van der Waals surface area (Å²) in [7, 11) is 1.56. The maximum absolute atomic E-state index is 12.5. The molecule has 0 saturated heterocycles. The van der Waals surface area contributed by atoms with E-state index in [1.807, 2.05) is 26.0 Å². The highest BCUT2D eigenvalue weighted by molar-refractivity contribution is 5.89. The summed E-state index contributed by atoms with van der Waals surface area (Å²) in [6.45, 7) is 4.27. The predicted octanol–water partition coefficient (Wildman–Crippen LogP) is 3.98. The monoisotopic (exact) mass is 437 g/mol. The van der Waals surface area contributed by atoms with Crippen LogP contribution in [0.1, 0.15) is 25.0 Å². The van der Waals surface area contributed by atoms with E-state index >= 15 is 0 Å². The van der Waals surface area contributed by atoms with Crippen molar-refractivity contribution < 1.29 is 22.7 Å². The molecule has 4 N–H and O–H groups in total. The Bertz CT molecular complexity index is 883. The zero-order chi connectivity index (χ0) is 22.9. The number of nitrogens with one attached hydrogen (secondary N) is 4. The summed E-state index contributed by atoms with van der Waals surface area (Å²) in [5, 5.41) is 11.5. The number of anilines is 1. The molecule has 0 unspecified atom stereocenters. The van der Waals surface area contributed by atoms with E-state index in [0.717, 1.165) is 5.56 Å². The first-order valence-corrected chi connectivity index (χ1v) is 9.61. The minimum absolute atomic E-state index is 0.0368. The Morgan fingerprint density at radius 2 is 1.68 bits per heavy atom. The van der Waals surface area contributed by atoms with Crippen molar-refractivity contribution in [2.75, 3.05) is 12.4 Å². The quantitative estimate of drug-likeness (QED) is 0.390. The topological polar surface area (TPSA) is 86.8 Å². The molecule has 0 fully saturated rings. The molecule has 31 heavy (non-hydrogen) atoms. The Labute approximate surface area is 179 Å². The van der Waals surface area contributed by atoms with Gasteiger partial charge in [-0.05, 0) is 37.6 Å². The molecule has 2 aromatic rings. The number of carbonyl (C=O) groups is 1. The van der Waals surface area contributed by atoms with Gasteiger partial charge in [-0.15, -0.1) is 13.2 Å². The first-order valence-electron chi connectivity index (χ1n) is 9.61. The second-order valence-corrected chi connectivity index (χ2v) is 6.88. The Hall–Kier alpha value is -3.43. The van der Waals surface area contributed by atoms with Crippen LogP contribution in [-0.4, -0.2) is 31.4 Å². The third-order valence-electron chi connectivity index (χ3n) is 3.96. The first-order chi connectivity index (χ1) is 14.7. The largest absolute Gasteiger partial charge is 0.573 e. The van der Waals surface area contributed by atoms with Gasteiger partial charge < -0.3 is 26.0 Å². The van der Waals surface area contributed by atoms with Crippen molar-refractivity contribution >= 4 is 17.7 Å². The van der Waals surface area contributed by atoms with E-state index in [0.29, 0.717) is 23.8 Å². The molecule has 168 valence electrons. The molecule has 0 radical (unpaired) electrons. The van der Waals surface area contributed by atoms with Gasteiger partial charge in [0.15, 0.2) is 5.96 Å². The van der Waals surface area contributed by atoms with Crippen LogP contribution in [0.2, 0.25) is 0 Å². The molecule has 0 spiro atoms. The van der Waals surface area contributed by atoms with Gasteiger partial charge in [0.05, 0.1) is 0 Å². The minimum atomic E-state index is -4.76. The van der Waals surface area contributed by atoms with Gasteiger partial charge >= 0.3 is 12.4 Å². The molecule has 0 aliphatic heterocycles. The van der Waals surface area contributed by atoms with E-state index in [-0.39, 0.29) is 24.4 Å². The van der Waals surface area contributed by atoms with Crippen LogP contribution in [0.25, 0.3) is 0 Å². The van der Waals surface area contributed by atoms with Crippen LogP contribution in [0.3, 0.4) is 0 Å². The van der Waals surface area contributed by atoms with Gasteiger partial charge in [-0.3, -0.25) is 4.99 Å². The van der Waals surface area contributed by atoms with Crippen molar-refractivity contribution in [3.8, 4) is 5.75 Å². The number of amides is 2. The van der Waals surface area contributed by atoms with Crippen molar-refractivity contribution in [1.29, 1.82) is 0 Å². The van der Waals surface area contributed by atoms with Crippen molar-refractivity contribution in [2.24, 2.45) is 4.99 Å². The summed E-state index contributed by atoms with van der Waals surface area (Å²) >= 11 is 0. The van der Waals surface area contributed by atoms with Gasteiger partial charge in [-0.25, -0.2) is 4.79 Å². The van der Waals surface area contributed by atoms with E-state index in [1.165, 1.54) is 12.1 Å². The number of aliphatic imine (C=N–C) groups is 1. The molecular weight excluding hydrogens is 411 g/mol. The summed E-state index contributed by atoms with van der Waals surface area (Å²) < 4.78 is 41.7. The van der Waals surface area contributed by atoms with Crippen LogP contribution < -0.4 is 26.0 Å². The van der Waals surface area contributed by atoms with Gasteiger partial charge in [0.2, 0.25) is 0 Å². The number of nitrogens with zero attached hydrogens (tertiary/aromatic N) is 1. The average molecular weight is 437 g/mol. The summed E-state index contributed by atoms with van der Waals surface area (Å²) in [6.07, 6.45) is -4.76. The molecule has 10 heteroatoms. The lowest BCUT2D eigenvalue weighted by molar-refractivity contribution is -0.274. The normalized spacial score (nSPS) is 11.8. The lowest BCUT2D eigenvalue weighted by Gasteiger charge is -2.16. The highest BCUT2D eigenvalue weighted by Crippen LogP contribution is 2.26. The van der Waals surface area contributed by atoms with Crippen molar-refractivity contribution in [3.63, 3.8) is 0 Å². The Kier molecular flexibility index (Phi) is 8.53. The number of alkyl halides is 3. The molecule has 0 aliphatic rings. The van der Waals surface area contributed by atoms with E-state index in [9.17, 15) is 18.0 Å². The highest BCUT2D eigenvalue weighted by atomic mass is 19.4. The van der Waals surface area contributed by atoms with E-state index < -0.39 is 6.36 Å². The number of benzene rings is 2. The Morgan fingerprint density at radius 3 is 2.29 bits per heavy atom. The maximum atomic E-state index is 12.5. The summed E-state index contributed by atoms with van der Waals surface area (Å²) in [5.41, 5.74) is 1.93. The number of hydrogen-bond acceptors (Lipinski definition) is 3. The number of halogens is 3. The molecule has 2 aromatic carbocycles. The third-order valence-corrected chi connectivity index (χ3v) is 3.96. The minimum Gasteiger partial charge on any atom is -0.405 e. The van der Waals surface area contributed by atoms with Gasteiger partial charge in [0, 0.05) is 37.4 Å². The van der Waals surface area contributed by atoms with Gasteiger partial charge in [-0.2, -0.15) is 0 Å². The van der Waals surface area contributed by atoms with Crippen LogP contribution in [0, 0.1) is 0 Å². The Balaban J connectivity index is 1.87. The maximum Gasteiger partial charge on any atom is 0.573 e. The fraction of sp³-hybridized carbons (Fsp3) is 0.333. The molecule has 0 heterocycles. The number of carbonyl (C=O) groups excluding carboxylic acids is 1. The van der Waals surface area contributed by atoms with E-state index in [1.54, 1.807) is 31.3 Å².